The first-order chi connectivity index (χ1) is 12.9. The first-order valence-electron chi connectivity index (χ1n) is 8.96. The number of piperidine rings is 1. The largest absolute Gasteiger partial charge is 0.356 e. The summed E-state index contributed by atoms with van der Waals surface area (Å²) in [6.07, 6.45) is 4.46. The SMILES string of the molecule is Cc1ccc(C(=O)N=S2(=O)CC3CC(CN(c4cc(Br)ccn4)C3)C2)nc1. The van der Waals surface area contributed by atoms with E-state index in [1.165, 1.54) is 0 Å². The van der Waals surface area contributed by atoms with Crippen molar-refractivity contribution in [1.82, 2.24) is 9.97 Å². The van der Waals surface area contributed by atoms with Gasteiger partial charge in [-0.05, 0) is 48.9 Å². The first kappa shape index (κ1) is 18.6. The number of carbonyl (C=O) groups is 1. The van der Waals surface area contributed by atoms with E-state index in [1.807, 2.05) is 25.1 Å². The van der Waals surface area contributed by atoms with Gasteiger partial charge in [0.1, 0.15) is 11.5 Å². The fourth-order valence-corrected chi connectivity index (χ4v) is 6.94. The van der Waals surface area contributed by atoms with Gasteiger partial charge in [-0.1, -0.05) is 22.0 Å². The second kappa shape index (κ2) is 7.31. The zero-order valence-corrected chi connectivity index (χ0v) is 17.4. The Morgan fingerprint density at radius 2 is 1.96 bits per heavy atom. The van der Waals surface area contributed by atoms with E-state index in [-0.39, 0.29) is 17.5 Å². The number of aryl methyl sites for hydroxylation is 1. The van der Waals surface area contributed by atoms with Crippen LogP contribution in [0.15, 0.2) is 45.5 Å². The topological polar surface area (TPSA) is 75.5 Å². The van der Waals surface area contributed by atoms with Crippen LogP contribution >= 0.6 is 15.9 Å². The fourth-order valence-electron chi connectivity index (χ4n) is 3.98. The van der Waals surface area contributed by atoms with Gasteiger partial charge in [0, 0.05) is 41.5 Å². The molecule has 4 rings (SSSR count). The molecule has 1 amide bonds. The Bertz CT molecular complexity index is 965. The minimum absolute atomic E-state index is 0.258. The van der Waals surface area contributed by atoms with Crippen molar-refractivity contribution < 1.29 is 9.00 Å². The molecule has 0 saturated carbocycles. The molecule has 6 nitrogen and oxygen atoms in total. The summed E-state index contributed by atoms with van der Waals surface area (Å²) in [4.78, 5) is 23.3. The highest BCUT2D eigenvalue weighted by atomic mass is 79.9. The van der Waals surface area contributed by atoms with Crippen LogP contribution in [0, 0.1) is 18.8 Å². The van der Waals surface area contributed by atoms with Gasteiger partial charge in [-0.2, -0.15) is 4.36 Å². The van der Waals surface area contributed by atoms with E-state index in [2.05, 4.69) is 35.2 Å². The number of carbonyl (C=O) groups excluding carboxylic acids is 1. The minimum Gasteiger partial charge on any atom is -0.356 e. The first-order valence-corrected chi connectivity index (χ1v) is 11.6. The molecule has 0 aromatic carbocycles. The van der Waals surface area contributed by atoms with Gasteiger partial charge in [-0.3, -0.25) is 9.78 Å². The van der Waals surface area contributed by atoms with Crippen molar-refractivity contribution in [2.45, 2.75) is 13.3 Å². The number of hydrogen-bond donors (Lipinski definition) is 0. The minimum atomic E-state index is -2.54. The molecular weight excluding hydrogens is 428 g/mol. The second-order valence-electron chi connectivity index (χ2n) is 7.43. The van der Waals surface area contributed by atoms with E-state index in [1.54, 1.807) is 18.5 Å². The van der Waals surface area contributed by atoms with Crippen LogP contribution in [-0.2, 0) is 9.73 Å². The van der Waals surface area contributed by atoms with E-state index in [0.717, 1.165) is 35.4 Å². The third-order valence-corrected chi connectivity index (χ3v) is 8.00. The molecule has 2 fully saturated rings. The Morgan fingerprint density at radius 1 is 1.22 bits per heavy atom. The molecule has 0 spiro atoms. The summed E-state index contributed by atoms with van der Waals surface area (Å²) in [5.74, 6) is 1.91. The standard InChI is InChI=1S/C19H21BrN4O2S/c1-13-2-3-17(22-8-13)19(25)23-27(26)11-14-6-15(12-27)10-24(9-14)18-7-16(20)4-5-21-18/h2-5,7-8,14-15H,6,9-12H2,1H3. The molecule has 2 aliphatic rings. The number of pyridine rings is 2. The van der Waals surface area contributed by atoms with E-state index in [9.17, 15) is 9.00 Å². The van der Waals surface area contributed by atoms with Gasteiger partial charge in [-0.15, -0.1) is 0 Å². The van der Waals surface area contributed by atoms with Crippen LogP contribution < -0.4 is 4.90 Å². The van der Waals surface area contributed by atoms with Crippen molar-refractivity contribution >= 4 is 37.4 Å². The molecule has 27 heavy (non-hydrogen) atoms. The van der Waals surface area contributed by atoms with Crippen LogP contribution in [0.5, 0.6) is 0 Å². The summed E-state index contributed by atoms with van der Waals surface area (Å²) in [7, 11) is -2.54. The van der Waals surface area contributed by atoms with Crippen molar-refractivity contribution in [1.29, 1.82) is 0 Å². The Labute approximate surface area is 167 Å². The van der Waals surface area contributed by atoms with Crippen LogP contribution in [0.2, 0.25) is 0 Å². The molecule has 2 unspecified atom stereocenters. The molecule has 4 heterocycles. The van der Waals surface area contributed by atoms with E-state index < -0.39 is 15.6 Å². The number of nitrogens with zero attached hydrogens (tertiary/aromatic N) is 4. The summed E-state index contributed by atoms with van der Waals surface area (Å²) < 4.78 is 18.5. The highest BCUT2D eigenvalue weighted by molar-refractivity contribution is 9.10. The lowest BCUT2D eigenvalue weighted by Gasteiger charge is -2.42. The summed E-state index contributed by atoms with van der Waals surface area (Å²) in [6.45, 7) is 3.50. The Balaban J connectivity index is 1.53. The maximum absolute atomic E-state index is 13.3. The molecule has 0 radical (unpaired) electrons. The van der Waals surface area contributed by atoms with Crippen LogP contribution in [0.3, 0.4) is 0 Å². The second-order valence-corrected chi connectivity index (χ2v) is 10.7. The van der Waals surface area contributed by atoms with Crippen molar-refractivity contribution in [2.24, 2.45) is 16.2 Å². The number of amides is 1. The zero-order valence-electron chi connectivity index (χ0n) is 15.0. The van der Waals surface area contributed by atoms with Crippen LogP contribution in [-0.4, -0.2) is 44.7 Å². The molecule has 8 heteroatoms. The average Bonchev–Trinajstić information content (AvgIpc) is 2.61. The molecule has 0 aliphatic carbocycles. The summed E-state index contributed by atoms with van der Waals surface area (Å²) in [5, 5.41) is 0. The fraction of sp³-hybridized carbons (Fsp3) is 0.421. The third kappa shape index (κ3) is 4.21. The molecule has 2 aromatic heterocycles. The predicted molar refractivity (Wildman–Crippen MR) is 109 cm³/mol. The average molecular weight is 449 g/mol. The Morgan fingerprint density at radius 3 is 2.59 bits per heavy atom. The van der Waals surface area contributed by atoms with E-state index >= 15 is 0 Å². The number of fused-ring (bicyclic) bond motifs is 2. The highest BCUT2D eigenvalue weighted by Gasteiger charge is 2.37. The van der Waals surface area contributed by atoms with Gasteiger partial charge in [-0.25, -0.2) is 9.19 Å². The number of anilines is 1. The molecule has 2 aliphatic heterocycles. The number of rotatable bonds is 2. The molecule has 0 N–H and O–H groups in total. The highest BCUT2D eigenvalue weighted by Crippen LogP contribution is 2.33. The van der Waals surface area contributed by atoms with Gasteiger partial charge in [0.05, 0.1) is 9.73 Å². The van der Waals surface area contributed by atoms with E-state index in [0.29, 0.717) is 11.5 Å². The van der Waals surface area contributed by atoms with Crippen molar-refractivity contribution in [2.75, 3.05) is 29.5 Å². The Kier molecular flexibility index (Phi) is 5.03. The smallest absolute Gasteiger partial charge is 0.303 e. The summed E-state index contributed by atoms with van der Waals surface area (Å²) in [5.41, 5.74) is 1.24. The van der Waals surface area contributed by atoms with Crippen LogP contribution in [0.4, 0.5) is 5.82 Å². The molecular formula is C19H21BrN4O2S. The third-order valence-electron chi connectivity index (χ3n) is 5.03. The van der Waals surface area contributed by atoms with Crippen molar-refractivity contribution in [3.63, 3.8) is 0 Å². The van der Waals surface area contributed by atoms with Gasteiger partial charge >= 0.3 is 5.91 Å². The normalized spacial score (nSPS) is 27.3. The monoisotopic (exact) mass is 448 g/mol. The maximum Gasteiger partial charge on any atom is 0.303 e. The number of halogens is 1. The molecule has 2 atom stereocenters. The van der Waals surface area contributed by atoms with Crippen molar-refractivity contribution in [3.05, 3.63) is 52.4 Å². The van der Waals surface area contributed by atoms with Gasteiger partial charge in [0.2, 0.25) is 0 Å². The van der Waals surface area contributed by atoms with Crippen LogP contribution in [0.25, 0.3) is 0 Å². The Hall–Kier alpha value is -1.80. The zero-order chi connectivity index (χ0) is 19.0. The number of aromatic nitrogens is 2. The quantitative estimate of drug-likeness (QED) is 0.703. The molecule has 2 saturated heterocycles. The van der Waals surface area contributed by atoms with Gasteiger partial charge < -0.3 is 4.90 Å². The van der Waals surface area contributed by atoms with Gasteiger partial charge in [0.15, 0.2) is 0 Å². The van der Waals surface area contributed by atoms with Gasteiger partial charge in [0.25, 0.3) is 0 Å². The molecule has 2 aromatic rings. The maximum atomic E-state index is 13.3. The summed E-state index contributed by atoms with van der Waals surface area (Å²) in [6, 6.07) is 7.38. The lowest BCUT2D eigenvalue weighted by molar-refractivity contribution is 0.1000. The molecule has 142 valence electrons. The molecule has 2 bridgehead atoms. The predicted octanol–water partition coefficient (Wildman–Crippen LogP) is 3.31. The van der Waals surface area contributed by atoms with Crippen molar-refractivity contribution in [3.8, 4) is 0 Å². The van der Waals surface area contributed by atoms with E-state index in [4.69, 9.17) is 0 Å². The number of hydrogen-bond acceptors (Lipinski definition) is 5. The van der Waals surface area contributed by atoms with Crippen LogP contribution in [0.1, 0.15) is 22.5 Å². The lowest BCUT2D eigenvalue weighted by Crippen LogP contribution is -2.49. The summed E-state index contributed by atoms with van der Waals surface area (Å²) >= 11 is 3.49. The lowest BCUT2D eigenvalue weighted by atomic mass is 9.91.